The lowest BCUT2D eigenvalue weighted by atomic mass is 9.66. The van der Waals surface area contributed by atoms with Crippen LogP contribution in [0.2, 0.25) is 0 Å². The van der Waals surface area contributed by atoms with Crippen molar-refractivity contribution >= 4 is 0 Å². The maximum absolute atomic E-state index is 3.40. The molecule has 0 radical (unpaired) electrons. The predicted molar refractivity (Wildman–Crippen MR) is 58.4 cm³/mol. The van der Waals surface area contributed by atoms with Crippen LogP contribution in [0.25, 0.3) is 0 Å². The average Bonchev–Trinajstić information content (AvgIpc) is 2.12. The maximum atomic E-state index is 3.40. The highest BCUT2D eigenvalue weighted by atomic mass is 15.3. The van der Waals surface area contributed by atoms with Gasteiger partial charge in [-0.25, -0.2) is 0 Å². The minimum absolute atomic E-state index is 0.517. The molecule has 0 unspecified atom stereocenters. The third-order valence-electron chi connectivity index (χ3n) is 4.74. The molecule has 80 valence electrons. The Morgan fingerprint density at radius 3 is 2.14 bits per heavy atom. The molecule has 0 aromatic rings. The first-order chi connectivity index (χ1) is 6.73. The predicted octanol–water partition coefficient (Wildman–Crippen LogP) is 1.61. The van der Waals surface area contributed by atoms with Gasteiger partial charge in [-0.15, -0.1) is 0 Å². The van der Waals surface area contributed by atoms with Crippen LogP contribution in [0.3, 0.4) is 0 Å². The van der Waals surface area contributed by atoms with Crippen LogP contribution >= 0.6 is 0 Å². The minimum Gasteiger partial charge on any atom is -0.313 e. The van der Waals surface area contributed by atoms with Crippen LogP contribution < -0.4 is 5.32 Å². The molecule has 3 fully saturated rings. The molecule has 1 spiro atoms. The van der Waals surface area contributed by atoms with E-state index in [9.17, 15) is 0 Å². The van der Waals surface area contributed by atoms with Gasteiger partial charge in [0.05, 0.1) is 0 Å². The standard InChI is InChI=1S/C12H22N2/c1-11(7-13-8-11)14-9-12(10-14)5-3-2-4-6-12/h13H,2-10H2,1H3. The first-order valence-corrected chi connectivity index (χ1v) is 6.18. The Bertz CT molecular complexity index is 218. The molecular weight excluding hydrogens is 172 g/mol. The molecule has 0 amide bonds. The van der Waals surface area contributed by atoms with Gasteiger partial charge in [0, 0.05) is 31.7 Å². The first kappa shape index (κ1) is 9.17. The molecule has 2 nitrogen and oxygen atoms in total. The minimum atomic E-state index is 0.517. The SMILES string of the molecule is CC1(N2CC3(CCCCC3)C2)CNC1. The lowest BCUT2D eigenvalue weighted by Crippen LogP contribution is -2.74. The van der Waals surface area contributed by atoms with E-state index in [2.05, 4.69) is 17.1 Å². The average molecular weight is 194 g/mol. The van der Waals surface area contributed by atoms with Crippen molar-refractivity contribution < 1.29 is 0 Å². The fourth-order valence-corrected chi connectivity index (χ4v) is 3.47. The van der Waals surface area contributed by atoms with Crippen molar-refractivity contribution in [2.24, 2.45) is 5.41 Å². The largest absolute Gasteiger partial charge is 0.313 e. The molecule has 0 aromatic heterocycles. The van der Waals surface area contributed by atoms with Crippen LogP contribution in [0.4, 0.5) is 0 Å². The molecule has 2 heterocycles. The normalized spacial score (nSPS) is 34.9. The Morgan fingerprint density at radius 2 is 1.64 bits per heavy atom. The Labute approximate surface area is 87.0 Å². The molecule has 2 heteroatoms. The Kier molecular flexibility index (Phi) is 1.94. The highest BCUT2D eigenvalue weighted by molar-refractivity contribution is 5.08. The molecule has 2 saturated heterocycles. The summed E-state index contributed by atoms with van der Waals surface area (Å²) in [6.45, 7) is 7.63. The number of hydrogen-bond donors (Lipinski definition) is 1. The number of nitrogens with zero attached hydrogens (tertiary/aromatic N) is 1. The van der Waals surface area contributed by atoms with Gasteiger partial charge in [-0.3, -0.25) is 4.90 Å². The fourth-order valence-electron chi connectivity index (χ4n) is 3.47. The molecule has 2 aliphatic heterocycles. The molecule has 3 aliphatic rings. The van der Waals surface area contributed by atoms with E-state index in [1.807, 2.05) is 0 Å². The van der Waals surface area contributed by atoms with Crippen molar-refractivity contribution in [2.75, 3.05) is 26.2 Å². The lowest BCUT2D eigenvalue weighted by Gasteiger charge is -2.62. The number of hydrogen-bond acceptors (Lipinski definition) is 2. The molecule has 0 bridgehead atoms. The van der Waals surface area contributed by atoms with E-state index in [0.717, 1.165) is 5.41 Å². The van der Waals surface area contributed by atoms with E-state index in [4.69, 9.17) is 0 Å². The van der Waals surface area contributed by atoms with Crippen LogP contribution in [0.1, 0.15) is 39.0 Å². The van der Waals surface area contributed by atoms with Gasteiger partial charge in [0.15, 0.2) is 0 Å². The summed E-state index contributed by atoms with van der Waals surface area (Å²) >= 11 is 0. The molecule has 14 heavy (non-hydrogen) atoms. The number of nitrogens with one attached hydrogen (secondary N) is 1. The van der Waals surface area contributed by atoms with Gasteiger partial charge < -0.3 is 5.32 Å². The molecule has 0 aromatic carbocycles. The van der Waals surface area contributed by atoms with Crippen molar-refractivity contribution in [2.45, 2.75) is 44.6 Å². The molecule has 3 rings (SSSR count). The van der Waals surface area contributed by atoms with Crippen LogP contribution in [-0.2, 0) is 0 Å². The van der Waals surface area contributed by atoms with E-state index in [-0.39, 0.29) is 0 Å². The van der Waals surface area contributed by atoms with Crippen molar-refractivity contribution in [1.29, 1.82) is 0 Å². The third kappa shape index (κ3) is 1.24. The van der Waals surface area contributed by atoms with Gasteiger partial charge in [-0.1, -0.05) is 19.3 Å². The number of rotatable bonds is 1. The summed E-state index contributed by atoms with van der Waals surface area (Å²) < 4.78 is 0. The molecule has 1 aliphatic carbocycles. The molecule has 1 saturated carbocycles. The van der Waals surface area contributed by atoms with Gasteiger partial charge in [-0.2, -0.15) is 0 Å². The summed E-state index contributed by atoms with van der Waals surface area (Å²) in [5, 5.41) is 3.40. The zero-order valence-electron chi connectivity index (χ0n) is 9.31. The second kappa shape index (κ2) is 2.96. The van der Waals surface area contributed by atoms with Crippen LogP contribution in [-0.4, -0.2) is 36.6 Å². The van der Waals surface area contributed by atoms with Crippen LogP contribution in [0.15, 0.2) is 0 Å². The van der Waals surface area contributed by atoms with Crippen molar-refractivity contribution in [1.82, 2.24) is 10.2 Å². The summed E-state index contributed by atoms with van der Waals surface area (Å²) in [7, 11) is 0. The summed E-state index contributed by atoms with van der Waals surface area (Å²) in [4.78, 5) is 2.72. The van der Waals surface area contributed by atoms with Gasteiger partial charge in [-0.05, 0) is 25.2 Å². The van der Waals surface area contributed by atoms with Crippen molar-refractivity contribution in [3.05, 3.63) is 0 Å². The smallest absolute Gasteiger partial charge is 0.0430 e. The van der Waals surface area contributed by atoms with Gasteiger partial charge >= 0.3 is 0 Å². The second-order valence-corrected chi connectivity index (χ2v) is 6.02. The van der Waals surface area contributed by atoms with E-state index in [1.165, 1.54) is 58.3 Å². The number of likely N-dealkylation sites (tertiary alicyclic amines) is 1. The first-order valence-electron chi connectivity index (χ1n) is 6.18. The third-order valence-corrected chi connectivity index (χ3v) is 4.74. The maximum Gasteiger partial charge on any atom is 0.0430 e. The summed E-state index contributed by atoms with van der Waals surface area (Å²) in [5.74, 6) is 0. The van der Waals surface area contributed by atoms with Gasteiger partial charge in [0.1, 0.15) is 0 Å². The Morgan fingerprint density at radius 1 is 1.00 bits per heavy atom. The highest BCUT2D eigenvalue weighted by Crippen LogP contribution is 2.46. The monoisotopic (exact) mass is 194 g/mol. The molecule has 1 N–H and O–H groups in total. The van der Waals surface area contributed by atoms with E-state index in [1.54, 1.807) is 0 Å². The van der Waals surface area contributed by atoms with Gasteiger partial charge in [0.2, 0.25) is 0 Å². The van der Waals surface area contributed by atoms with Crippen molar-refractivity contribution in [3.63, 3.8) is 0 Å². The van der Waals surface area contributed by atoms with E-state index in [0.29, 0.717) is 5.54 Å². The van der Waals surface area contributed by atoms with Crippen LogP contribution in [0.5, 0.6) is 0 Å². The lowest BCUT2D eigenvalue weighted by molar-refractivity contribution is -0.107. The quantitative estimate of drug-likeness (QED) is 0.682. The summed E-state index contributed by atoms with van der Waals surface area (Å²) in [6, 6.07) is 0. The van der Waals surface area contributed by atoms with Crippen molar-refractivity contribution in [3.8, 4) is 0 Å². The summed E-state index contributed by atoms with van der Waals surface area (Å²) in [5.41, 5.74) is 1.28. The zero-order chi connectivity index (χ0) is 9.65. The Balaban J connectivity index is 1.59. The topological polar surface area (TPSA) is 15.3 Å². The van der Waals surface area contributed by atoms with E-state index >= 15 is 0 Å². The van der Waals surface area contributed by atoms with E-state index < -0.39 is 0 Å². The van der Waals surface area contributed by atoms with Crippen LogP contribution in [0, 0.1) is 5.41 Å². The molecular formula is C12H22N2. The highest BCUT2D eigenvalue weighted by Gasteiger charge is 2.51. The Hall–Kier alpha value is -0.0800. The molecule has 0 atom stereocenters. The van der Waals surface area contributed by atoms with Gasteiger partial charge in [0.25, 0.3) is 0 Å². The summed E-state index contributed by atoms with van der Waals surface area (Å²) in [6.07, 6.45) is 7.48. The zero-order valence-corrected chi connectivity index (χ0v) is 9.31. The fraction of sp³-hybridized carbons (Fsp3) is 1.00. The second-order valence-electron chi connectivity index (χ2n) is 6.02.